The van der Waals surface area contributed by atoms with Gasteiger partial charge in [-0.1, -0.05) is 140 Å². The van der Waals surface area contributed by atoms with Crippen LogP contribution in [0.4, 0.5) is 0 Å². The number of unbranched alkanes of at least 4 members (excludes halogenated alkanes) is 14. The molecule has 2 heterocycles. The Balaban J connectivity index is 1.12. The summed E-state index contributed by atoms with van der Waals surface area (Å²) in [5.74, 6) is 1.31. The van der Waals surface area contributed by atoms with E-state index in [4.69, 9.17) is 18.8 Å². The van der Waals surface area contributed by atoms with Crippen LogP contribution in [0.1, 0.15) is 128 Å². The molecule has 0 aliphatic heterocycles. The zero-order valence-corrected chi connectivity index (χ0v) is 29.4. The molecule has 0 bridgehead atoms. The minimum absolute atomic E-state index is 0.653. The standard InChI is InChI=1S/C44H54N2O2/c1-3-5-7-9-11-13-15-17-21-33-25-29-41-39(31-33)45-43(47-41)37-27-28-38(36-24-20-19-23-35(36)37)44-46-40-32-34(26-30-42(40)48-44)22-18-16-14-12-10-8-6-4-2/h19-20,23-32H,3-18,21-22H2,1-2H3. The lowest BCUT2D eigenvalue weighted by Crippen LogP contribution is -1.87. The van der Waals surface area contributed by atoms with Gasteiger partial charge in [-0.15, -0.1) is 0 Å². The molecule has 6 rings (SSSR count). The summed E-state index contributed by atoms with van der Waals surface area (Å²) >= 11 is 0. The van der Waals surface area contributed by atoms with Crippen molar-refractivity contribution in [2.24, 2.45) is 0 Å². The first-order valence-corrected chi connectivity index (χ1v) is 19.0. The van der Waals surface area contributed by atoms with E-state index < -0.39 is 0 Å². The number of benzene rings is 4. The molecule has 0 atom stereocenters. The van der Waals surface area contributed by atoms with Gasteiger partial charge in [0, 0.05) is 11.1 Å². The van der Waals surface area contributed by atoms with Gasteiger partial charge in [-0.3, -0.25) is 0 Å². The molecule has 6 aromatic rings. The van der Waals surface area contributed by atoms with Crippen LogP contribution in [0.15, 0.2) is 81.6 Å². The van der Waals surface area contributed by atoms with Crippen LogP contribution in [-0.2, 0) is 12.8 Å². The highest BCUT2D eigenvalue weighted by Crippen LogP contribution is 2.37. The van der Waals surface area contributed by atoms with Gasteiger partial charge in [0.1, 0.15) is 11.0 Å². The molecule has 0 unspecified atom stereocenters. The van der Waals surface area contributed by atoms with Crippen LogP contribution < -0.4 is 0 Å². The molecule has 4 nitrogen and oxygen atoms in total. The fourth-order valence-corrected chi connectivity index (χ4v) is 7.09. The van der Waals surface area contributed by atoms with Crippen molar-refractivity contribution in [3.63, 3.8) is 0 Å². The Labute approximate surface area is 287 Å². The van der Waals surface area contributed by atoms with Crippen LogP contribution in [0.2, 0.25) is 0 Å². The minimum atomic E-state index is 0.653. The predicted molar refractivity (Wildman–Crippen MR) is 203 cm³/mol. The number of rotatable bonds is 20. The number of fused-ring (bicyclic) bond motifs is 3. The van der Waals surface area contributed by atoms with E-state index in [9.17, 15) is 0 Å². The normalized spacial score (nSPS) is 11.8. The Kier molecular flexibility index (Phi) is 12.4. The quantitative estimate of drug-likeness (QED) is 0.0778. The van der Waals surface area contributed by atoms with E-state index in [-0.39, 0.29) is 0 Å². The van der Waals surface area contributed by atoms with E-state index in [1.165, 1.54) is 114 Å². The first-order chi connectivity index (χ1) is 23.7. The van der Waals surface area contributed by atoms with Gasteiger partial charge in [-0.25, -0.2) is 9.97 Å². The molecule has 0 saturated heterocycles. The highest BCUT2D eigenvalue weighted by atomic mass is 16.4. The van der Waals surface area contributed by atoms with Crippen molar-refractivity contribution in [2.75, 3.05) is 0 Å². The Morgan fingerprint density at radius 1 is 0.438 bits per heavy atom. The van der Waals surface area contributed by atoms with E-state index >= 15 is 0 Å². The van der Waals surface area contributed by atoms with Crippen LogP contribution in [0.5, 0.6) is 0 Å². The average Bonchev–Trinajstić information content (AvgIpc) is 3.74. The van der Waals surface area contributed by atoms with Gasteiger partial charge in [0.2, 0.25) is 11.8 Å². The van der Waals surface area contributed by atoms with E-state index in [1.807, 2.05) is 0 Å². The maximum atomic E-state index is 6.33. The summed E-state index contributed by atoms with van der Waals surface area (Å²) in [5, 5.41) is 2.16. The highest BCUT2D eigenvalue weighted by Gasteiger charge is 2.17. The largest absolute Gasteiger partial charge is 0.436 e. The highest BCUT2D eigenvalue weighted by molar-refractivity contribution is 6.03. The van der Waals surface area contributed by atoms with Crippen molar-refractivity contribution in [2.45, 2.75) is 129 Å². The zero-order chi connectivity index (χ0) is 33.0. The van der Waals surface area contributed by atoms with Crippen LogP contribution in [0, 0.1) is 0 Å². The van der Waals surface area contributed by atoms with Crippen LogP contribution in [-0.4, -0.2) is 9.97 Å². The van der Waals surface area contributed by atoms with E-state index in [0.717, 1.165) is 56.9 Å². The fraction of sp³-hybridized carbons (Fsp3) is 0.455. The molecule has 0 amide bonds. The lowest BCUT2D eigenvalue weighted by Gasteiger charge is -2.07. The Morgan fingerprint density at radius 3 is 1.25 bits per heavy atom. The number of aryl methyl sites for hydroxylation is 2. The summed E-state index contributed by atoms with van der Waals surface area (Å²) in [7, 11) is 0. The van der Waals surface area contributed by atoms with Crippen LogP contribution in [0.3, 0.4) is 0 Å². The average molecular weight is 643 g/mol. The van der Waals surface area contributed by atoms with Gasteiger partial charge in [0.05, 0.1) is 0 Å². The second kappa shape index (κ2) is 17.5. The molecule has 2 aromatic heterocycles. The predicted octanol–water partition coefficient (Wildman–Crippen LogP) is 13.8. The smallest absolute Gasteiger partial charge is 0.227 e. The molecule has 4 heteroatoms. The lowest BCUT2D eigenvalue weighted by molar-refractivity contribution is 0.575. The molecule has 0 saturated carbocycles. The Morgan fingerprint density at radius 2 is 0.833 bits per heavy atom. The van der Waals surface area contributed by atoms with E-state index in [1.54, 1.807) is 0 Å². The maximum absolute atomic E-state index is 6.33. The third kappa shape index (κ3) is 8.75. The molecule has 252 valence electrons. The van der Waals surface area contributed by atoms with Crippen LogP contribution >= 0.6 is 0 Å². The molecule has 0 spiro atoms. The topological polar surface area (TPSA) is 52.1 Å². The lowest BCUT2D eigenvalue weighted by atomic mass is 9.99. The van der Waals surface area contributed by atoms with Gasteiger partial charge in [-0.05, 0) is 84.0 Å². The maximum Gasteiger partial charge on any atom is 0.227 e. The van der Waals surface area contributed by atoms with Crippen molar-refractivity contribution in [3.8, 4) is 22.9 Å². The third-order valence-electron chi connectivity index (χ3n) is 9.93. The second-order valence-corrected chi connectivity index (χ2v) is 13.8. The van der Waals surface area contributed by atoms with E-state index in [0.29, 0.717) is 11.8 Å². The second-order valence-electron chi connectivity index (χ2n) is 13.8. The van der Waals surface area contributed by atoms with Crippen molar-refractivity contribution >= 4 is 33.0 Å². The Hall–Kier alpha value is -3.92. The molecule has 48 heavy (non-hydrogen) atoms. The number of aromatic nitrogens is 2. The third-order valence-corrected chi connectivity index (χ3v) is 9.93. The monoisotopic (exact) mass is 642 g/mol. The van der Waals surface area contributed by atoms with Crippen molar-refractivity contribution < 1.29 is 8.83 Å². The molecule has 0 fully saturated rings. The molecular weight excluding hydrogens is 588 g/mol. The van der Waals surface area contributed by atoms with E-state index in [2.05, 4.69) is 86.6 Å². The van der Waals surface area contributed by atoms with Crippen molar-refractivity contribution in [3.05, 3.63) is 83.9 Å². The number of hydrogen-bond acceptors (Lipinski definition) is 4. The first kappa shape index (κ1) is 34.0. The summed E-state index contributed by atoms with van der Waals surface area (Å²) < 4.78 is 12.7. The van der Waals surface area contributed by atoms with Gasteiger partial charge < -0.3 is 8.83 Å². The van der Waals surface area contributed by atoms with Crippen molar-refractivity contribution in [1.29, 1.82) is 0 Å². The molecular formula is C44H54N2O2. The summed E-state index contributed by atoms with van der Waals surface area (Å²) in [4.78, 5) is 9.95. The molecule has 0 aliphatic carbocycles. The molecule has 4 aromatic carbocycles. The SMILES string of the molecule is CCCCCCCCCCc1ccc2oc(-c3ccc(-c4nc5cc(CCCCCCCCCC)ccc5o4)c4ccccc34)nc2c1. The summed E-state index contributed by atoms with van der Waals surface area (Å²) in [5.41, 5.74) is 8.17. The molecule has 0 aliphatic rings. The summed E-state index contributed by atoms with van der Waals surface area (Å²) in [6, 6.07) is 25.6. The number of nitrogens with zero attached hydrogens (tertiary/aromatic N) is 2. The van der Waals surface area contributed by atoms with Crippen molar-refractivity contribution in [1.82, 2.24) is 9.97 Å². The number of hydrogen-bond donors (Lipinski definition) is 0. The molecule has 0 radical (unpaired) electrons. The summed E-state index contributed by atoms with van der Waals surface area (Å²) in [6.45, 7) is 4.56. The van der Waals surface area contributed by atoms with Crippen LogP contribution in [0.25, 0.3) is 55.9 Å². The zero-order valence-electron chi connectivity index (χ0n) is 29.4. The minimum Gasteiger partial charge on any atom is -0.436 e. The van der Waals surface area contributed by atoms with Gasteiger partial charge in [-0.2, -0.15) is 0 Å². The first-order valence-electron chi connectivity index (χ1n) is 19.0. The van der Waals surface area contributed by atoms with Gasteiger partial charge >= 0.3 is 0 Å². The summed E-state index contributed by atoms with van der Waals surface area (Å²) in [6.07, 6.45) is 23.6. The van der Waals surface area contributed by atoms with Gasteiger partial charge in [0.15, 0.2) is 11.2 Å². The molecule has 0 N–H and O–H groups in total. The fourth-order valence-electron chi connectivity index (χ4n) is 7.09. The van der Waals surface area contributed by atoms with Gasteiger partial charge in [0.25, 0.3) is 0 Å². The number of oxazole rings is 2. The Bertz CT molecular complexity index is 1740.